The molecule has 0 radical (unpaired) electrons. The van der Waals surface area contributed by atoms with E-state index < -0.39 is 0 Å². The lowest BCUT2D eigenvalue weighted by molar-refractivity contribution is 0.262. The van der Waals surface area contributed by atoms with Gasteiger partial charge >= 0.3 is 6.03 Å². The third-order valence-corrected chi connectivity index (χ3v) is 7.29. The molecule has 33 heavy (non-hydrogen) atoms. The van der Waals surface area contributed by atoms with Crippen molar-refractivity contribution >= 4 is 41.7 Å². The van der Waals surface area contributed by atoms with Crippen LogP contribution in [0.4, 0.5) is 22.0 Å². The van der Waals surface area contributed by atoms with Crippen molar-refractivity contribution < 1.29 is 4.79 Å². The number of hydrogen-bond donors (Lipinski definition) is 3. The minimum atomic E-state index is -0.315. The van der Waals surface area contributed by atoms with E-state index in [4.69, 9.17) is 4.98 Å². The molecular formula is C25H31BN6O. The molecule has 2 aromatic heterocycles. The molecule has 2 unspecified atom stereocenters. The monoisotopic (exact) mass is 442 g/mol. The fraction of sp³-hybridized carbons (Fsp3) is 0.440. The van der Waals surface area contributed by atoms with E-state index in [-0.39, 0.29) is 11.5 Å². The van der Waals surface area contributed by atoms with E-state index in [1.807, 2.05) is 43.3 Å². The topological polar surface area (TPSA) is 91.8 Å². The molecule has 2 saturated heterocycles. The number of fused-ring (bicyclic) bond motifs is 3. The predicted molar refractivity (Wildman–Crippen MR) is 135 cm³/mol. The van der Waals surface area contributed by atoms with Gasteiger partial charge in [0.1, 0.15) is 11.3 Å². The van der Waals surface area contributed by atoms with E-state index in [9.17, 15) is 4.79 Å². The maximum absolute atomic E-state index is 12.4. The summed E-state index contributed by atoms with van der Waals surface area (Å²) in [6.07, 6.45) is 10.7. The fourth-order valence-electron chi connectivity index (χ4n) is 5.76. The van der Waals surface area contributed by atoms with Gasteiger partial charge in [0, 0.05) is 11.1 Å². The van der Waals surface area contributed by atoms with Gasteiger partial charge < -0.3 is 16.0 Å². The first-order valence-electron chi connectivity index (χ1n) is 12.0. The number of carbonyl (C=O) groups is 1. The molecule has 0 spiro atoms. The first-order chi connectivity index (χ1) is 15.9. The molecule has 0 saturated carbocycles. The summed E-state index contributed by atoms with van der Waals surface area (Å²) in [5.41, 5.74) is 3.42. The summed E-state index contributed by atoms with van der Waals surface area (Å²) in [6, 6.07) is 10.9. The van der Waals surface area contributed by atoms with E-state index >= 15 is 0 Å². The van der Waals surface area contributed by atoms with E-state index in [2.05, 4.69) is 32.8 Å². The zero-order valence-corrected chi connectivity index (χ0v) is 19.4. The zero-order valence-electron chi connectivity index (χ0n) is 19.4. The van der Waals surface area contributed by atoms with E-state index in [1.165, 1.54) is 52.2 Å². The normalized spacial score (nSPS) is 24.4. The van der Waals surface area contributed by atoms with Gasteiger partial charge in [0.2, 0.25) is 0 Å². The minimum Gasteiger partial charge on any atom is -0.371 e. The Bertz CT molecular complexity index is 1170. The summed E-state index contributed by atoms with van der Waals surface area (Å²) in [5, 5.41) is 9.91. The number of hydrogen-bond acceptors (Lipinski definition) is 5. The van der Waals surface area contributed by atoms with Crippen LogP contribution in [0.1, 0.15) is 57.6 Å². The Balaban J connectivity index is 1.34. The molecule has 1 aromatic carbocycles. The highest BCUT2D eigenvalue weighted by Gasteiger charge is 2.45. The molecule has 2 aliphatic heterocycles. The van der Waals surface area contributed by atoms with Gasteiger partial charge in [0.05, 0.1) is 17.6 Å². The van der Waals surface area contributed by atoms with Crippen molar-refractivity contribution in [2.24, 2.45) is 0 Å². The molecule has 5 rings (SSSR count). The van der Waals surface area contributed by atoms with Gasteiger partial charge in [-0.1, -0.05) is 62.5 Å². The number of nitrogens with zero attached hydrogens (tertiary/aromatic N) is 3. The lowest BCUT2D eigenvalue weighted by atomic mass is 9.37. The van der Waals surface area contributed by atoms with Crippen molar-refractivity contribution in [2.75, 3.05) is 16.0 Å². The summed E-state index contributed by atoms with van der Waals surface area (Å²) in [4.78, 5) is 26.5. The van der Waals surface area contributed by atoms with Crippen LogP contribution in [0.5, 0.6) is 0 Å². The fourth-order valence-corrected chi connectivity index (χ4v) is 5.76. The molecule has 0 aliphatic carbocycles. The number of amides is 2. The van der Waals surface area contributed by atoms with Gasteiger partial charge in [0.25, 0.3) is 0 Å². The number of carbonyl (C=O) groups excluding carboxylic acids is 1. The summed E-state index contributed by atoms with van der Waals surface area (Å²) in [6.45, 7) is 4.32. The molecule has 2 fully saturated rings. The first-order valence-corrected chi connectivity index (χ1v) is 12.0. The summed E-state index contributed by atoms with van der Waals surface area (Å²) >= 11 is 0. The Kier molecular flexibility index (Phi) is 5.68. The molecule has 2 aliphatic rings. The van der Waals surface area contributed by atoms with Crippen LogP contribution < -0.4 is 16.0 Å². The minimum absolute atomic E-state index is 0.109. The molecule has 2 bridgehead atoms. The predicted octanol–water partition coefficient (Wildman–Crippen LogP) is 5.46. The Morgan fingerprint density at radius 2 is 1.76 bits per heavy atom. The average Bonchev–Trinajstić information content (AvgIpc) is 2.89. The third-order valence-electron chi connectivity index (χ3n) is 7.29. The summed E-state index contributed by atoms with van der Waals surface area (Å²) in [7, 11) is 1.20. The summed E-state index contributed by atoms with van der Waals surface area (Å²) < 4.78 is 0. The Hall–Kier alpha value is -3.16. The van der Waals surface area contributed by atoms with Crippen molar-refractivity contribution in [3.05, 3.63) is 48.3 Å². The van der Waals surface area contributed by atoms with Gasteiger partial charge in [-0.05, 0) is 38.0 Å². The smallest absolute Gasteiger partial charge is 0.323 e. The standard InChI is InChI=1S/C25H31BN6O/c1-17-19(30-23(33)29-18-9-4-3-5-10-18)15-20-22(28-17)31-21(16-27-20)32-25-13-7-6-11-24(2,26-25)12-8-14-25/h3-5,9-10,15-16,26H,6-8,11-14H2,1-2H3,(H,28,31,32)(H2,29,30,33). The number of anilines is 3. The van der Waals surface area contributed by atoms with Crippen molar-refractivity contribution in [3.8, 4) is 0 Å². The Morgan fingerprint density at radius 1 is 1.00 bits per heavy atom. The van der Waals surface area contributed by atoms with Gasteiger partial charge in [-0.15, -0.1) is 0 Å². The van der Waals surface area contributed by atoms with Crippen LogP contribution in [0.15, 0.2) is 42.6 Å². The molecule has 2 atom stereocenters. The highest BCUT2D eigenvalue weighted by atomic mass is 16.2. The number of urea groups is 1. The lowest BCUT2D eigenvalue weighted by Gasteiger charge is -2.44. The van der Waals surface area contributed by atoms with Crippen LogP contribution in [0.2, 0.25) is 5.31 Å². The number of aryl methyl sites for hydroxylation is 1. The summed E-state index contributed by atoms with van der Waals surface area (Å²) in [5.74, 6) is 0.795. The van der Waals surface area contributed by atoms with Crippen molar-refractivity contribution in [3.63, 3.8) is 0 Å². The molecule has 4 heterocycles. The van der Waals surface area contributed by atoms with Crippen LogP contribution in [0.3, 0.4) is 0 Å². The zero-order chi connectivity index (χ0) is 22.9. The molecular weight excluding hydrogens is 411 g/mol. The molecule has 170 valence electrons. The third kappa shape index (κ3) is 4.79. The van der Waals surface area contributed by atoms with Crippen molar-refractivity contribution in [1.82, 2.24) is 15.0 Å². The number of pyridine rings is 1. The Morgan fingerprint density at radius 3 is 2.61 bits per heavy atom. The van der Waals surface area contributed by atoms with Crippen LogP contribution >= 0.6 is 0 Å². The largest absolute Gasteiger partial charge is 0.371 e. The van der Waals surface area contributed by atoms with E-state index in [0.29, 0.717) is 27.9 Å². The maximum Gasteiger partial charge on any atom is 0.323 e. The SMILES string of the molecule is Cc1nc2nc(NC34BC(C)(CCCC3)CCC4)cnc2cc1NC(=O)Nc1ccccc1. The highest BCUT2D eigenvalue weighted by molar-refractivity contribution is 6.45. The van der Waals surface area contributed by atoms with Gasteiger partial charge in [-0.3, -0.25) is 0 Å². The van der Waals surface area contributed by atoms with Crippen molar-refractivity contribution in [2.45, 2.75) is 69.5 Å². The number of rotatable bonds is 4. The number of para-hydroxylation sites is 1. The number of nitrogens with one attached hydrogen (secondary N) is 3. The molecule has 2 amide bonds. The quantitative estimate of drug-likeness (QED) is 0.467. The van der Waals surface area contributed by atoms with Crippen LogP contribution in [-0.2, 0) is 0 Å². The molecule has 3 N–H and O–H groups in total. The molecule has 3 aromatic rings. The molecule has 8 heteroatoms. The first kappa shape index (κ1) is 21.7. The van der Waals surface area contributed by atoms with Gasteiger partial charge in [-0.25, -0.2) is 19.7 Å². The van der Waals surface area contributed by atoms with Gasteiger partial charge in [0.15, 0.2) is 12.9 Å². The van der Waals surface area contributed by atoms with E-state index in [1.54, 1.807) is 6.20 Å². The highest BCUT2D eigenvalue weighted by Crippen LogP contribution is 2.49. The van der Waals surface area contributed by atoms with E-state index in [0.717, 1.165) is 11.5 Å². The van der Waals surface area contributed by atoms with Crippen LogP contribution in [-0.4, -0.2) is 33.7 Å². The van der Waals surface area contributed by atoms with Crippen LogP contribution in [0.25, 0.3) is 11.2 Å². The second kappa shape index (κ2) is 8.65. The number of aromatic nitrogens is 3. The van der Waals surface area contributed by atoms with Gasteiger partial charge in [-0.2, -0.15) is 0 Å². The second-order valence-corrected chi connectivity index (χ2v) is 10.1. The second-order valence-electron chi connectivity index (χ2n) is 10.1. The number of benzene rings is 1. The lowest BCUT2D eigenvalue weighted by Crippen LogP contribution is -2.50. The Labute approximate surface area is 195 Å². The average molecular weight is 442 g/mol. The van der Waals surface area contributed by atoms with Crippen LogP contribution in [0, 0.1) is 6.92 Å². The molecule has 7 nitrogen and oxygen atoms in total. The maximum atomic E-state index is 12.4. The van der Waals surface area contributed by atoms with Crippen molar-refractivity contribution in [1.29, 1.82) is 0 Å².